The molecule has 2 aromatic carbocycles. The largest absolute Gasteiger partial charge is 0.372 e. The number of thioether (sulfide) groups is 1. The Balaban J connectivity index is 1.63. The summed E-state index contributed by atoms with van der Waals surface area (Å²) in [5.74, 6) is 0.304. The molecule has 2 atom stereocenters. The number of hydrogen-bond donors (Lipinski definition) is 0. The van der Waals surface area contributed by atoms with Gasteiger partial charge in [-0.15, -0.1) is 0 Å². The first kappa shape index (κ1) is 19.9. The fourth-order valence-electron chi connectivity index (χ4n) is 3.88. The molecular formula is C22H25N3O3S. The Kier molecular flexibility index (Phi) is 5.61. The lowest BCUT2D eigenvalue weighted by Crippen LogP contribution is -2.48. The van der Waals surface area contributed by atoms with Crippen LogP contribution >= 0.6 is 11.8 Å². The number of amides is 1. The summed E-state index contributed by atoms with van der Waals surface area (Å²) in [4.78, 5) is 32.4. The van der Waals surface area contributed by atoms with Crippen LogP contribution in [0.2, 0.25) is 0 Å². The number of nitrogens with zero attached hydrogens (tertiary/aromatic N) is 3. The second-order valence-electron chi connectivity index (χ2n) is 7.51. The van der Waals surface area contributed by atoms with Crippen LogP contribution in [0.15, 0.2) is 46.3 Å². The molecule has 0 aliphatic carbocycles. The van der Waals surface area contributed by atoms with Gasteiger partial charge in [0.2, 0.25) is 5.91 Å². The quantitative estimate of drug-likeness (QED) is 0.374. The summed E-state index contributed by atoms with van der Waals surface area (Å²) < 4.78 is 7.36. The molecule has 0 bridgehead atoms. The molecule has 1 aromatic heterocycles. The van der Waals surface area contributed by atoms with E-state index in [9.17, 15) is 9.59 Å². The van der Waals surface area contributed by atoms with Crippen molar-refractivity contribution in [3.05, 3.63) is 46.8 Å². The molecule has 1 fully saturated rings. The lowest BCUT2D eigenvalue weighted by Gasteiger charge is -2.35. The van der Waals surface area contributed by atoms with Crippen LogP contribution in [-0.4, -0.2) is 51.4 Å². The van der Waals surface area contributed by atoms with Crippen LogP contribution in [0.25, 0.3) is 21.7 Å². The Bertz CT molecular complexity index is 1120. The second-order valence-corrected chi connectivity index (χ2v) is 8.45. The average Bonchev–Trinajstić information content (AvgIpc) is 2.70. The van der Waals surface area contributed by atoms with Gasteiger partial charge in [0.25, 0.3) is 5.56 Å². The third kappa shape index (κ3) is 4.02. The molecule has 7 heteroatoms. The molecule has 6 nitrogen and oxygen atoms in total. The Morgan fingerprint density at radius 2 is 1.83 bits per heavy atom. The summed E-state index contributed by atoms with van der Waals surface area (Å²) in [5, 5.41) is 3.26. The SMILES string of the molecule is CCn1c(SCC(=O)N2C[C@@H](C)O[C@@H](C)C2)nc2cc3ccccc3cc2c1=O. The van der Waals surface area contributed by atoms with E-state index in [2.05, 4.69) is 0 Å². The number of fused-ring (bicyclic) bond motifs is 2. The molecule has 2 heterocycles. The molecule has 1 amide bonds. The number of rotatable bonds is 4. The molecule has 29 heavy (non-hydrogen) atoms. The maximum Gasteiger partial charge on any atom is 0.262 e. The van der Waals surface area contributed by atoms with Crippen molar-refractivity contribution < 1.29 is 9.53 Å². The van der Waals surface area contributed by atoms with Gasteiger partial charge in [-0.2, -0.15) is 0 Å². The van der Waals surface area contributed by atoms with Crippen LogP contribution in [0, 0.1) is 0 Å². The Morgan fingerprint density at radius 1 is 1.17 bits per heavy atom. The first-order chi connectivity index (χ1) is 14.0. The van der Waals surface area contributed by atoms with Gasteiger partial charge in [0.1, 0.15) is 0 Å². The Morgan fingerprint density at radius 3 is 2.48 bits per heavy atom. The van der Waals surface area contributed by atoms with E-state index < -0.39 is 0 Å². The summed E-state index contributed by atoms with van der Waals surface area (Å²) in [6, 6.07) is 11.8. The highest BCUT2D eigenvalue weighted by Crippen LogP contribution is 2.23. The van der Waals surface area contributed by atoms with Gasteiger partial charge in [-0.3, -0.25) is 14.2 Å². The third-order valence-electron chi connectivity index (χ3n) is 5.20. The molecule has 0 spiro atoms. The highest BCUT2D eigenvalue weighted by Gasteiger charge is 2.26. The van der Waals surface area contributed by atoms with Crippen molar-refractivity contribution in [1.29, 1.82) is 0 Å². The topological polar surface area (TPSA) is 64.4 Å². The normalized spacial score (nSPS) is 19.8. The molecule has 1 aliphatic heterocycles. The van der Waals surface area contributed by atoms with Crippen LogP contribution in [0.5, 0.6) is 0 Å². The number of hydrogen-bond acceptors (Lipinski definition) is 5. The van der Waals surface area contributed by atoms with Gasteiger partial charge in [0.15, 0.2) is 5.16 Å². The highest BCUT2D eigenvalue weighted by molar-refractivity contribution is 7.99. The van der Waals surface area contributed by atoms with Crippen LogP contribution in [0.4, 0.5) is 0 Å². The van der Waals surface area contributed by atoms with Gasteiger partial charge in [-0.25, -0.2) is 4.98 Å². The fourth-order valence-corrected chi connectivity index (χ4v) is 4.84. The number of benzene rings is 2. The van der Waals surface area contributed by atoms with Crippen LogP contribution < -0.4 is 5.56 Å². The lowest BCUT2D eigenvalue weighted by atomic mass is 10.1. The van der Waals surface area contributed by atoms with Crippen molar-refractivity contribution in [2.24, 2.45) is 0 Å². The minimum absolute atomic E-state index is 0.0357. The Hall–Kier alpha value is -2.38. The van der Waals surface area contributed by atoms with E-state index in [0.29, 0.717) is 35.7 Å². The summed E-state index contributed by atoms with van der Waals surface area (Å²) >= 11 is 1.33. The van der Waals surface area contributed by atoms with E-state index in [0.717, 1.165) is 10.8 Å². The zero-order chi connectivity index (χ0) is 20.5. The lowest BCUT2D eigenvalue weighted by molar-refractivity contribution is -0.140. The molecule has 0 saturated carbocycles. The molecule has 0 radical (unpaired) electrons. The van der Waals surface area contributed by atoms with Crippen molar-refractivity contribution in [3.8, 4) is 0 Å². The number of ether oxygens (including phenoxy) is 1. The van der Waals surface area contributed by atoms with Crippen LogP contribution in [-0.2, 0) is 16.1 Å². The van der Waals surface area contributed by atoms with E-state index in [-0.39, 0.29) is 29.4 Å². The monoisotopic (exact) mass is 411 g/mol. The fraction of sp³-hybridized carbons (Fsp3) is 0.409. The molecule has 3 aromatic rings. The maximum atomic E-state index is 13.1. The summed E-state index contributed by atoms with van der Waals surface area (Å²) in [6.45, 7) is 7.59. The predicted octanol–water partition coefficient (Wildman–Crippen LogP) is 3.30. The van der Waals surface area contributed by atoms with Crippen molar-refractivity contribution in [2.75, 3.05) is 18.8 Å². The predicted molar refractivity (Wildman–Crippen MR) is 116 cm³/mol. The van der Waals surface area contributed by atoms with Crippen LogP contribution in [0.3, 0.4) is 0 Å². The van der Waals surface area contributed by atoms with Gasteiger partial charge in [0, 0.05) is 19.6 Å². The van der Waals surface area contributed by atoms with Crippen molar-refractivity contribution in [2.45, 2.75) is 44.7 Å². The smallest absolute Gasteiger partial charge is 0.262 e. The molecule has 0 unspecified atom stereocenters. The first-order valence-electron chi connectivity index (χ1n) is 9.95. The van der Waals surface area contributed by atoms with Gasteiger partial charge >= 0.3 is 0 Å². The average molecular weight is 412 g/mol. The molecule has 1 aliphatic rings. The van der Waals surface area contributed by atoms with E-state index >= 15 is 0 Å². The number of carbonyl (C=O) groups excluding carboxylic acids is 1. The van der Waals surface area contributed by atoms with E-state index in [1.807, 2.05) is 62.1 Å². The highest BCUT2D eigenvalue weighted by atomic mass is 32.2. The van der Waals surface area contributed by atoms with Gasteiger partial charge in [-0.05, 0) is 43.7 Å². The van der Waals surface area contributed by atoms with E-state index in [4.69, 9.17) is 9.72 Å². The maximum absolute atomic E-state index is 13.1. The van der Waals surface area contributed by atoms with Gasteiger partial charge in [-0.1, -0.05) is 36.0 Å². The number of carbonyl (C=O) groups is 1. The van der Waals surface area contributed by atoms with Crippen LogP contribution in [0.1, 0.15) is 20.8 Å². The molecule has 4 rings (SSSR count). The van der Waals surface area contributed by atoms with Crippen molar-refractivity contribution >= 4 is 39.3 Å². The van der Waals surface area contributed by atoms with Gasteiger partial charge in [0.05, 0.1) is 28.9 Å². The molecular weight excluding hydrogens is 386 g/mol. The minimum Gasteiger partial charge on any atom is -0.372 e. The van der Waals surface area contributed by atoms with E-state index in [1.54, 1.807) is 4.57 Å². The summed E-state index contributed by atoms with van der Waals surface area (Å²) in [6.07, 6.45) is 0.0715. The molecule has 0 N–H and O–H groups in total. The third-order valence-corrected chi connectivity index (χ3v) is 6.16. The summed E-state index contributed by atoms with van der Waals surface area (Å²) in [5.41, 5.74) is 0.605. The number of morpholine rings is 1. The van der Waals surface area contributed by atoms with E-state index in [1.165, 1.54) is 11.8 Å². The van der Waals surface area contributed by atoms with Crippen molar-refractivity contribution in [3.63, 3.8) is 0 Å². The zero-order valence-corrected chi connectivity index (χ0v) is 17.7. The number of aromatic nitrogens is 2. The molecule has 1 saturated heterocycles. The Labute approximate surface area is 173 Å². The first-order valence-corrected chi connectivity index (χ1v) is 10.9. The van der Waals surface area contributed by atoms with Gasteiger partial charge < -0.3 is 9.64 Å². The standard InChI is InChI=1S/C22H25N3O3S/c1-4-25-21(27)18-9-16-7-5-6-8-17(16)10-19(18)23-22(25)29-13-20(26)24-11-14(2)28-15(3)12-24/h5-10,14-15H,4,11-13H2,1-3H3/t14-,15+. The zero-order valence-electron chi connectivity index (χ0n) is 16.9. The van der Waals surface area contributed by atoms with Crippen molar-refractivity contribution in [1.82, 2.24) is 14.5 Å². The second kappa shape index (κ2) is 8.16. The molecule has 152 valence electrons. The minimum atomic E-state index is -0.0631. The summed E-state index contributed by atoms with van der Waals surface area (Å²) in [7, 11) is 0.